The zero-order valence-corrected chi connectivity index (χ0v) is 7.04. The van der Waals surface area contributed by atoms with Gasteiger partial charge in [-0.25, -0.2) is 0 Å². The molecule has 0 amide bonds. The molecule has 0 aromatic rings. The molecule has 0 N–H and O–H groups in total. The molecule has 54 valence electrons. The van der Waals surface area contributed by atoms with Crippen LogP contribution in [0.2, 0.25) is 0 Å². The third kappa shape index (κ3) is 1.10. The van der Waals surface area contributed by atoms with Crippen LogP contribution in [0.5, 0.6) is 0 Å². The van der Waals surface area contributed by atoms with Crippen LogP contribution >= 0.6 is 11.6 Å². The van der Waals surface area contributed by atoms with Gasteiger partial charge in [0.15, 0.2) is 0 Å². The van der Waals surface area contributed by atoms with Crippen molar-refractivity contribution in [2.45, 2.75) is 33.1 Å². The summed E-state index contributed by atoms with van der Waals surface area (Å²) in [5, 5.41) is 0. The molecule has 1 heteroatoms. The number of alkyl halides is 1. The lowest BCUT2D eigenvalue weighted by atomic mass is 9.98. The molecular formula is C8H15Cl. The minimum absolute atomic E-state index is 0.668. The maximum absolute atomic E-state index is 5.74. The Bertz CT molecular complexity index is 94.7. The molecule has 0 radical (unpaired) electrons. The average molecular weight is 147 g/mol. The van der Waals surface area contributed by atoms with E-state index in [0.29, 0.717) is 5.41 Å². The average Bonchev–Trinajstić information content (AvgIpc) is 2.63. The quantitative estimate of drug-likeness (QED) is 0.537. The standard InChI is InChI=1S/C8H15Cl/c1-3-8(4-2)5-7(8)6-9/h7H,3-6H2,1-2H3. The highest BCUT2D eigenvalue weighted by atomic mass is 35.5. The van der Waals surface area contributed by atoms with Crippen molar-refractivity contribution in [3.8, 4) is 0 Å². The van der Waals surface area contributed by atoms with Gasteiger partial charge in [0.05, 0.1) is 0 Å². The lowest BCUT2D eigenvalue weighted by molar-refractivity contribution is 0.435. The Morgan fingerprint density at radius 1 is 1.44 bits per heavy atom. The van der Waals surface area contributed by atoms with Gasteiger partial charge in [-0.15, -0.1) is 11.6 Å². The molecule has 1 aliphatic carbocycles. The van der Waals surface area contributed by atoms with Gasteiger partial charge in [-0.1, -0.05) is 26.7 Å². The van der Waals surface area contributed by atoms with Crippen LogP contribution in [0.4, 0.5) is 0 Å². The van der Waals surface area contributed by atoms with Crippen LogP contribution in [0.15, 0.2) is 0 Å². The highest BCUT2D eigenvalue weighted by Gasteiger charge is 2.49. The van der Waals surface area contributed by atoms with Crippen molar-refractivity contribution in [1.82, 2.24) is 0 Å². The fraction of sp³-hybridized carbons (Fsp3) is 1.00. The van der Waals surface area contributed by atoms with E-state index in [-0.39, 0.29) is 0 Å². The first-order chi connectivity index (χ1) is 4.29. The van der Waals surface area contributed by atoms with E-state index >= 15 is 0 Å². The van der Waals surface area contributed by atoms with Crippen molar-refractivity contribution in [2.75, 3.05) is 5.88 Å². The van der Waals surface area contributed by atoms with Gasteiger partial charge >= 0.3 is 0 Å². The van der Waals surface area contributed by atoms with E-state index < -0.39 is 0 Å². The minimum atomic E-state index is 0.668. The number of hydrogen-bond acceptors (Lipinski definition) is 0. The molecule has 0 aromatic carbocycles. The maximum Gasteiger partial charge on any atom is 0.0257 e. The van der Waals surface area contributed by atoms with Crippen LogP contribution in [0.3, 0.4) is 0 Å². The summed E-state index contributed by atoms with van der Waals surface area (Å²) in [7, 11) is 0. The van der Waals surface area contributed by atoms with Gasteiger partial charge in [0.1, 0.15) is 0 Å². The van der Waals surface area contributed by atoms with E-state index in [0.717, 1.165) is 11.8 Å². The van der Waals surface area contributed by atoms with Crippen molar-refractivity contribution in [3.63, 3.8) is 0 Å². The molecule has 1 saturated carbocycles. The van der Waals surface area contributed by atoms with Gasteiger partial charge in [-0.05, 0) is 17.8 Å². The molecule has 1 atom stereocenters. The van der Waals surface area contributed by atoms with Crippen molar-refractivity contribution in [2.24, 2.45) is 11.3 Å². The third-order valence-corrected chi connectivity index (χ3v) is 3.33. The molecule has 0 aromatic heterocycles. The summed E-state index contributed by atoms with van der Waals surface area (Å²) in [6.07, 6.45) is 4.02. The molecule has 0 bridgehead atoms. The van der Waals surface area contributed by atoms with Gasteiger partial charge in [-0.2, -0.15) is 0 Å². The van der Waals surface area contributed by atoms with E-state index in [2.05, 4.69) is 13.8 Å². The molecule has 1 aliphatic rings. The lowest BCUT2D eigenvalue weighted by Gasteiger charge is -2.09. The summed E-state index contributed by atoms with van der Waals surface area (Å²) >= 11 is 5.74. The molecule has 0 aliphatic heterocycles. The molecule has 1 unspecified atom stereocenters. The van der Waals surface area contributed by atoms with Crippen LogP contribution in [0, 0.1) is 11.3 Å². The molecule has 0 heterocycles. The Morgan fingerprint density at radius 3 is 2.11 bits per heavy atom. The summed E-state index contributed by atoms with van der Waals surface area (Å²) in [4.78, 5) is 0. The predicted molar refractivity (Wildman–Crippen MR) is 41.8 cm³/mol. The summed E-state index contributed by atoms with van der Waals surface area (Å²) in [5.74, 6) is 1.72. The zero-order chi connectivity index (χ0) is 6.91. The van der Waals surface area contributed by atoms with Crippen molar-refractivity contribution >= 4 is 11.6 Å². The Kier molecular flexibility index (Phi) is 2.05. The van der Waals surface area contributed by atoms with Crippen molar-refractivity contribution < 1.29 is 0 Å². The van der Waals surface area contributed by atoms with Crippen molar-refractivity contribution in [1.29, 1.82) is 0 Å². The number of hydrogen-bond donors (Lipinski definition) is 0. The first-order valence-electron chi connectivity index (χ1n) is 3.85. The van der Waals surface area contributed by atoms with Gasteiger partial charge in [0, 0.05) is 5.88 Å². The monoisotopic (exact) mass is 146 g/mol. The normalized spacial score (nSPS) is 30.3. The fourth-order valence-corrected chi connectivity index (χ4v) is 2.20. The molecule has 9 heavy (non-hydrogen) atoms. The third-order valence-electron chi connectivity index (χ3n) is 2.95. The SMILES string of the molecule is CCC1(CC)CC1CCl. The smallest absolute Gasteiger partial charge is 0.0257 e. The maximum atomic E-state index is 5.74. The Morgan fingerprint density at radius 2 is 2.00 bits per heavy atom. The largest absolute Gasteiger partial charge is 0.126 e. The zero-order valence-electron chi connectivity index (χ0n) is 6.28. The molecular weight excluding hydrogens is 132 g/mol. The van der Waals surface area contributed by atoms with Crippen molar-refractivity contribution in [3.05, 3.63) is 0 Å². The Hall–Kier alpha value is 0.290. The predicted octanol–water partition coefficient (Wildman–Crippen LogP) is 3.05. The topological polar surface area (TPSA) is 0 Å². The Labute approximate surface area is 62.6 Å². The highest BCUT2D eigenvalue weighted by Crippen LogP contribution is 2.57. The molecule has 0 spiro atoms. The minimum Gasteiger partial charge on any atom is -0.126 e. The summed E-state index contributed by atoms with van der Waals surface area (Å²) in [5.41, 5.74) is 0.668. The second-order valence-corrected chi connectivity index (χ2v) is 3.43. The van der Waals surface area contributed by atoms with E-state index in [1.807, 2.05) is 0 Å². The van der Waals surface area contributed by atoms with E-state index in [1.54, 1.807) is 0 Å². The molecule has 1 fully saturated rings. The first-order valence-corrected chi connectivity index (χ1v) is 4.38. The van der Waals surface area contributed by atoms with E-state index in [4.69, 9.17) is 11.6 Å². The fourth-order valence-electron chi connectivity index (χ4n) is 1.77. The number of rotatable bonds is 3. The van der Waals surface area contributed by atoms with Crippen LogP contribution in [-0.2, 0) is 0 Å². The summed E-state index contributed by atoms with van der Waals surface area (Å²) < 4.78 is 0. The van der Waals surface area contributed by atoms with Crippen LogP contribution in [0.25, 0.3) is 0 Å². The second kappa shape index (κ2) is 2.49. The first kappa shape index (κ1) is 7.40. The van der Waals surface area contributed by atoms with Crippen LogP contribution < -0.4 is 0 Å². The Balaban J connectivity index is 2.37. The summed E-state index contributed by atoms with van der Waals surface area (Å²) in [6, 6.07) is 0. The molecule has 1 rings (SSSR count). The van der Waals surface area contributed by atoms with Crippen LogP contribution in [0.1, 0.15) is 33.1 Å². The van der Waals surface area contributed by atoms with E-state index in [9.17, 15) is 0 Å². The van der Waals surface area contributed by atoms with Gasteiger partial charge in [-0.3, -0.25) is 0 Å². The highest BCUT2D eigenvalue weighted by molar-refractivity contribution is 6.18. The van der Waals surface area contributed by atoms with Crippen LogP contribution in [-0.4, -0.2) is 5.88 Å². The molecule has 0 nitrogen and oxygen atoms in total. The van der Waals surface area contributed by atoms with Gasteiger partial charge in [0.2, 0.25) is 0 Å². The van der Waals surface area contributed by atoms with E-state index in [1.165, 1.54) is 19.3 Å². The van der Waals surface area contributed by atoms with Gasteiger partial charge < -0.3 is 0 Å². The second-order valence-electron chi connectivity index (χ2n) is 3.12. The summed E-state index contributed by atoms with van der Waals surface area (Å²) in [6.45, 7) is 4.55. The molecule has 0 saturated heterocycles. The number of halogens is 1. The lowest BCUT2D eigenvalue weighted by Crippen LogP contribution is -2.00. The van der Waals surface area contributed by atoms with Gasteiger partial charge in [0.25, 0.3) is 0 Å².